The van der Waals surface area contributed by atoms with E-state index >= 15 is 0 Å². The number of benzene rings is 1. The minimum absolute atomic E-state index is 0.594. The first-order chi connectivity index (χ1) is 9.26. The topological polar surface area (TPSA) is 54.9 Å². The third-order valence-electron chi connectivity index (χ3n) is 3.05. The molecule has 0 unspecified atom stereocenters. The standard InChI is InChI=1S/C14H21N3O2/c1-15-14(17-11-5-6-11)16-9-10-4-7-12(18-2)13(8-10)19-3/h4,7-8,11H,5-6,9H2,1-3H3,(H2,15,16,17). The van der Waals surface area contributed by atoms with Crippen molar-refractivity contribution in [2.45, 2.75) is 25.4 Å². The SMILES string of the molecule is CN=C(NCc1ccc(OC)c(OC)c1)NC1CC1. The van der Waals surface area contributed by atoms with Crippen molar-refractivity contribution in [2.75, 3.05) is 21.3 Å². The first kappa shape index (κ1) is 13.5. The molecular formula is C14H21N3O2. The van der Waals surface area contributed by atoms with Crippen molar-refractivity contribution in [1.29, 1.82) is 0 Å². The summed E-state index contributed by atoms with van der Waals surface area (Å²) in [5, 5.41) is 6.63. The number of rotatable bonds is 5. The molecule has 0 spiro atoms. The van der Waals surface area contributed by atoms with E-state index in [2.05, 4.69) is 15.6 Å². The third kappa shape index (κ3) is 3.77. The molecule has 0 radical (unpaired) electrons. The number of hydrogen-bond donors (Lipinski definition) is 2. The van der Waals surface area contributed by atoms with E-state index in [0.717, 1.165) is 23.0 Å². The lowest BCUT2D eigenvalue weighted by Gasteiger charge is -2.13. The van der Waals surface area contributed by atoms with Crippen molar-refractivity contribution >= 4 is 5.96 Å². The highest BCUT2D eigenvalue weighted by Gasteiger charge is 2.21. The molecule has 0 bridgehead atoms. The van der Waals surface area contributed by atoms with Crippen LogP contribution in [0.2, 0.25) is 0 Å². The van der Waals surface area contributed by atoms with E-state index in [1.165, 1.54) is 12.8 Å². The lowest BCUT2D eigenvalue weighted by atomic mass is 10.2. The molecule has 19 heavy (non-hydrogen) atoms. The molecule has 1 fully saturated rings. The molecule has 1 aliphatic carbocycles. The summed E-state index contributed by atoms with van der Waals surface area (Å²) in [5.41, 5.74) is 1.12. The van der Waals surface area contributed by atoms with Crippen molar-refractivity contribution in [2.24, 2.45) is 4.99 Å². The van der Waals surface area contributed by atoms with E-state index in [-0.39, 0.29) is 0 Å². The van der Waals surface area contributed by atoms with Gasteiger partial charge in [0.25, 0.3) is 0 Å². The maximum absolute atomic E-state index is 5.29. The van der Waals surface area contributed by atoms with Gasteiger partial charge in [0.05, 0.1) is 14.2 Å². The molecule has 1 saturated carbocycles. The number of guanidine groups is 1. The van der Waals surface area contributed by atoms with E-state index in [1.54, 1.807) is 21.3 Å². The highest BCUT2D eigenvalue weighted by atomic mass is 16.5. The van der Waals surface area contributed by atoms with Gasteiger partial charge in [-0.3, -0.25) is 4.99 Å². The second-order valence-electron chi connectivity index (χ2n) is 4.53. The maximum Gasteiger partial charge on any atom is 0.191 e. The monoisotopic (exact) mass is 263 g/mol. The summed E-state index contributed by atoms with van der Waals surface area (Å²) < 4.78 is 10.5. The van der Waals surface area contributed by atoms with Crippen molar-refractivity contribution in [1.82, 2.24) is 10.6 Å². The predicted octanol–water partition coefficient (Wildman–Crippen LogP) is 1.53. The number of ether oxygens (including phenoxy) is 2. The van der Waals surface area contributed by atoms with Gasteiger partial charge in [0, 0.05) is 19.6 Å². The fourth-order valence-electron chi connectivity index (χ4n) is 1.79. The highest BCUT2D eigenvalue weighted by molar-refractivity contribution is 5.80. The molecule has 0 aliphatic heterocycles. The van der Waals surface area contributed by atoms with Gasteiger partial charge in [-0.25, -0.2) is 0 Å². The molecule has 0 saturated heterocycles. The van der Waals surface area contributed by atoms with Crippen LogP contribution in [0.15, 0.2) is 23.2 Å². The molecule has 1 aliphatic rings. The summed E-state index contributed by atoms with van der Waals surface area (Å²) in [7, 11) is 5.06. The number of hydrogen-bond acceptors (Lipinski definition) is 3. The minimum atomic E-state index is 0.594. The third-order valence-corrected chi connectivity index (χ3v) is 3.05. The number of aliphatic imine (C=N–C) groups is 1. The van der Waals surface area contributed by atoms with Crippen LogP contribution in [0, 0.1) is 0 Å². The normalized spacial score (nSPS) is 15.0. The molecule has 1 aromatic carbocycles. The van der Waals surface area contributed by atoms with Crippen molar-refractivity contribution in [3.8, 4) is 11.5 Å². The fourth-order valence-corrected chi connectivity index (χ4v) is 1.79. The molecule has 104 valence electrons. The van der Waals surface area contributed by atoms with E-state index in [4.69, 9.17) is 9.47 Å². The molecule has 2 N–H and O–H groups in total. The van der Waals surface area contributed by atoms with Crippen LogP contribution in [0.1, 0.15) is 18.4 Å². The van der Waals surface area contributed by atoms with Gasteiger partial charge in [0.2, 0.25) is 0 Å². The molecule has 1 aromatic rings. The first-order valence-corrected chi connectivity index (χ1v) is 6.45. The Labute approximate surface area is 114 Å². The Morgan fingerprint density at radius 1 is 1.26 bits per heavy atom. The van der Waals surface area contributed by atoms with Gasteiger partial charge in [0.1, 0.15) is 0 Å². The molecule has 0 atom stereocenters. The lowest BCUT2D eigenvalue weighted by molar-refractivity contribution is 0.354. The summed E-state index contributed by atoms with van der Waals surface area (Å²) in [6.45, 7) is 0.701. The molecule has 2 rings (SSSR count). The van der Waals surface area contributed by atoms with Crippen LogP contribution < -0.4 is 20.1 Å². The van der Waals surface area contributed by atoms with Crippen molar-refractivity contribution < 1.29 is 9.47 Å². The Morgan fingerprint density at radius 3 is 2.58 bits per heavy atom. The van der Waals surface area contributed by atoms with Gasteiger partial charge in [-0.1, -0.05) is 6.07 Å². The van der Waals surface area contributed by atoms with Crippen LogP contribution in [0.4, 0.5) is 0 Å². The van der Waals surface area contributed by atoms with Crippen LogP contribution in [-0.2, 0) is 6.54 Å². The van der Waals surface area contributed by atoms with Crippen LogP contribution >= 0.6 is 0 Å². The number of methoxy groups -OCH3 is 2. The fraction of sp³-hybridized carbons (Fsp3) is 0.500. The second kappa shape index (κ2) is 6.31. The van der Waals surface area contributed by atoms with Crippen LogP contribution in [0.25, 0.3) is 0 Å². The Bertz CT molecular complexity index is 456. The molecule has 5 heteroatoms. The molecule has 0 heterocycles. The lowest BCUT2D eigenvalue weighted by Crippen LogP contribution is -2.38. The minimum Gasteiger partial charge on any atom is -0.493 e. The summed E-state index contributed by atoms with van der Waals surface area (Å²) >= 11 is 0. The number of nitrogens with one attached hydrogen (secondary N) is 2. The van der Waals surface area contributed by atoms with Crippen LogP contribution in [-0.4, -0.2) is 33.3 Å². The summed E-state index contributed by atoms with van der Waals surface area (Å²) in [6.07, 6.45) is 2.47. The largest absolute Gasteiger partial charge is 0.493 e. The molecule has 5 nitrogen and oxygen atoms in total. The van der Waals surface area contributed by atoms with Gasteiger partial charge >= 0.3 is 0 Å². The highest BCUT2D eigenvalue weighted by Crippen LogP contribution is 2.27. The zero-order valence-corrected chi connectivity index (χ0v) is 11.7. The maximum atomic E-state index is 5.29. The molecular weight excluding hydrogens is 242 g/mol. The van der Waals surface area contributed by atoms with Gasteiger partial charge in [-0.15, -0.1) is 0 Å². The van der Waals surface area contributed by atoms with Gasteiger partial charge < -0.3 is 20.1 Å². The van der Waals surface area contributed by atoms with E-state index in [9.17, 15) is 0 Å². The Hall–Kier alpha value is -1.91. The summed E-state index contributed by atoms with van der Waals surface area (Å²) in [5.74, 6) is 2.33. The Morgan fingerprint density at radius 2 is 2.00 bits per heavy atom. The van der Waals surface area contributed by atoms with E-state index in [1.807, 2.05) is 18.2 Å². The van der Waals surface area contributed by atoms with Gasteiger partial charge in [0.15, 0.2) is 17.5 Å². The Kier molecular flexibility index (Phi) is 4.49. The summed E-state index contributed by atoms with van der Waals surface area (Å²) in [6, 6.07) is 6.48. The van der Waals surface area contributed by atoms with Crippen LogP contribution in [0.5, 0.6) is 11.5 Å². The quantitative estimate of drug-likeness (QED) is 0.625. The zero-order chi connectivity index (χ0) is 13.7. The smallest absolute Gasteiger partial charge is 0.191 e. The second-order valence-corrected chi connectivity index (χ2v) is 4.53. The first-order valence-electron chi connectivity index (χ1n) is 6.45. The zero-order valence-electron chi connectivity index (χ0n) is 11.7. The van der Waals surface area contributed by atoms with E-state index < -0.39 is 0 Å². The van der Waals surface area contributed by atoms with Crippen molar-refractivity contribution in [3.63, 3.8) is 0 Å². The van der Waals surface area contributed by atoms with Gasteiger partial charge in [-0.2, -0.15) is 0 Å². The summed E-state index contributed by atoms with van der Waals surface area (Å²) in [4.78, 5) is 4.20. The average molecular weight is 263 g/mol. The predicted molar refractivity (Wildman–Crippen MR) is 75.9 cm³/mol. The Balaban J connectivity index is 1.94. The van der Waals surface area contributed by atoms with E-state index in [0.29, 0.717) is 12.6 Å². The molecule has 0 amide bonds. The number of nitrogens with zero attached hydrogens (tertiary/aromatic N) is 1. The van der Waals surface area contributed by atoms with Crippen molar-refractivity contribution in [3.05, 3.63) is 23.8 Å². The van der Waals surface area contributed by atoms with Gasteiger partial charge in [-0.05, 0) is 30.5 Å². The average Bonchev–Trinajstić information content (AvgIpc) is 3.26. The molecule has 0 aromatic heterocycles. The van der Waals surface area contributed by atoms with Crippen LogP contribution in [0.3, 0.4) is 0 Å².